The normalized spacial score (nSPS) is 17.2. The predicted octanol–water partition coefficient (Wildman–Crippen LogP) is 3.53. The highest BCUT2D eigenvalue weighted by Crippen LogP contribution is 2.23. The van der Waals surface area contributed by atoms with Gasteiger partial charge >= 0.3 is 0 Å². The molecule has 2 aromatic carbocycles. The van der Waals surface area contributed by atoms with Crippen LogP contribution in [0.25, 0.3) is 11.4 Å². The number of piperidine rings is 1. The maximum atomic E-state index is 13.1. The number of rotatable bonds is 7. The Hall–Kier alpha value is -3.59. The molecule has 0 atom stereocenters. The van der Waals surface area contributed by atoms with Crippen LogP contribution in [0.15, 0.2) is 53.1 Å². The summed E-state index contributed by atoms with van der Waals surface area (Å²) in [5.41, 5.74) is 2.59. The number of amides is 2. The van der Waals surface area contributed by atoms with Gasteiger partial charge in [-0.1, -0.05) is 17.3 Å². The maximum absolute atomic E-state index is 13.1. The molecule has 0 unspecified atom stereocenters. The Bertz CT molecular complexity index is 1190. The summed E-state index contributed by atoms with van der Waals surface area (Å²) in [5, 5.41) is 7.05. The molecule has 2 amide bonds. The number of carbonyl (C=O) groups is 2. The molecule has 5 rings (SSSR count). The van der Waals surface area contributed by atoms with Crippen molar-refractivity contribution < 1.29 is 18.5 Å². The van der Waals surface area contributed by atoms with Crippen molar-refractivity contribution in [2.24, 2.45) is 5.92 Å². The number of hydrogen-bond acceptors (Lipinski definition) is 6. The molecule has 0 radical (unpaired) electrons. The molecule has 8 nitrogen and oxygen atoms in total. The van der Waals surface area contributed by atoms with Gasteiger partial charge < -0.3 is 14.7 Å². The van der Waals surface area contributed by atoms with E-state index in [2.05, 4.69) is 20.4 Å². The van der Waals surface area contributed by atoms with Gasteiger partial charge in [-0.25, -0.2) is 4.39 Å². The minimum Gasteiger partial charge on any atom is -0.352 e. The molecule has 2 saturated heterocycles. The van der Waals surface area contributed by atoms with E-state index in [1.54, 1.807) is 12.1 Å². The first-order chi connectivity index (χ1) is 17.0. The molecular weight excluding hydrogens is 449 g/mol. The lowest BCUT2D eigenvalue weighted by Gasteiger charge is -2.30. The largest absolute Gasteiger partial charge is 0.352 e. The van der Waals surface area contributed by atoms with Crippen LogP contribution in [0.3, 0.4) is 0 Å². The Morgan fingerprint density at radius 3 is 2.66 bits per heavy atom. The first-order valence-corrected chi connectivity index (χ1v) is 12.0. The second-order valence-electron chi connectivity index (χ2n) is 9.11. The molecule has 2 aliphatic rings. The fourth-order valence-electron chi connectivity index (χ4n) is 4.67. The van der Waals surface area contributed by atoms with E-state index in [1.165, 1.54) is 12.1 Å². The molecule has 182 valence electrons. The van der Waals surface area contributed by atoms with Gasteiger partial charge in [-0.05, 0) is 74.3 Å². The van der Waals surface area contributed by atoms with Gasteiger partial charge in [-0.15, -0.1) is 0 Å². The van der Waals surface area contributed by atoms with Gasteiger partial charge in [0, 0.05) is 36.7 Å². The van der Waals surface area contributed by atoms with Gasteiger partial charge in [-0.3, -0.25) is 14.5 Å². The number of benzene rings is 2. The minimum atomic E-state index is -0.309. The number of nitrogens with one attached hydrogen (secondary N) is 1. The second kappa shape index (κ2) is 10.4. The van der Waals surface area contributed by atoms with E-state index in [-0.39, 0.29) is 23.5 Å². The van der Waals surface area contributed by atoms with Crippen LogP contribution in [0.2, 0.25) is 0 Å². The molecule has 2 aliphatic heterocycles. The topological polar surface area (TPSA) is 91.6 Å². The highest BCUT2D eigenvalue weighted by molar-refractivity contribution is 5.95. The number of carbonyl (C=O) groups excluding carboxylic acids is 2. The number of hydrogen-bond donors (Lipinski definition) is 1. The molecule has 0 spiro atoms. The standard InChI is InChI=1S/C26H28FN5O3/c27-21-8-6-19(7-9-21)25-29-23(35-30-25)17-31-13-10-20(11-14-31)26(34)28-16-18-3-1-4-22(15-18)32-12-2-5-24(32)33/h1,3-4,6-9,15,20H,2,5,10-14,16-17H2,(H,28,34). The van der Waals surface area contributed by atoms with Crippen LogP contribution in [0.4, 0.5) is 10.1 Å². The van der Waals surface area contributed by atoms with E-state index in [0.717, 1.165) is 50.1 Å². The fraction of sp³-hybridized carbons (Fsp3) is 0.385. The van der Waals surface area contributed by atoms with Crippen molar-refractivity contribution in [2.75, 3.05) is 24.5 Å². The maximum Gasteiger partial charge on any atom is 0.241 e. The highest BCUT2D eigenvalue weighted by Gasteiger charge is 2.26. The molecule has 9 heteroatoms. The van der Waals surface area contributed by atoms with Crippen molar-refractivity contribution in [2.45, 2.75) is 38.8 Å². The summed E-state index contributed by atoms with van der Waals surface area (Å²) in [4.78, 5) is 33.2. The van der Waals surface area contributed by atoms with Crippen molar-refractivity contribution in [3.63, 3.8) is 0 Å². The molecule has 1 N–H and O–H groups in total. The Labute approximate surface area is 203 Å². The summed E-state index contributed by atoms with van der Waals surface area (Å²) < 4.78 is 18.5. The Kier molecular flexibility index (Phi) is 6.85. The van der Waals surface area contributed by atoms with Gasteiger partial charge in [0.1, 0.15) is 5.82 Å². The third-order valence-electron chi connectivity index (χ3n) is 6.65. The lowest BCUT2D eigenvalue weighted by Crippen LogP contribution is -2.40. The minimum absolute atomic E-state index is 0.0351. The van der Waals surface area contributed by atoms with E-state index < -0.39 is 0 Å². The molecule has 2 fully saturated rings. The zero-order valence-corrected chi connectivity index (χ0v) is 19.5. The molecule has 3 heterocycles. The Balaban J connectivity index is 1.08. The van der Waals surface area contributed by atoms with Crippen molar-refractivity contribution in [3.05, 3.63) is 65.8 Å². The number of nitrogens with zero attached hydrogens (tertiary/aromatic N) is 4. The fourth-order valence-corrected chi connectivity index (χ4v) is 4.67. The first-order valence-electron chi connectivity index (χ1n) is 12.0. The number of halogens is 1. The van der Waals surface area contributed by atoms with Gasteiger partial charge in [0.25, 0.3) is 0 Å². The second-order valence-corrected chi connectivity index (χ2v) is 9.11. The van der Waals surface area contributed by atoms with Crippen LogP contribution >= 0.6 is 0 Å². The average Bonchev–Trinajstić information content (AvgIpc) is 3.53. The monoisotopic (exact) mass is 477 g/mol. The number of likely N-dealkylation sites (tertiary alicyclic amines) is 1. The quantitative estimate of drug-likeness (QED) is 0.560. The summed E-state index contributed by atoms with van der Waals surface area (Å²) >= 11 is 0. The molecule has 0 aliphatic carbocycles. The Morgan fingerprint density at radius 1 is 1.11 bits per heavy atom. The third kappa shape index (κ3) is 5.57. The molecule has 35 heavy (non-hydrogen) atoms. The Morgan fingerprint density at radius 2 is 1.91 bits per heavy atom. The third-order valence-corrected chi connectivity index (χ3v) is 6.65. The first kappa shape index (κ1) is 23.2. The van der Waals surface area contributed by atoms with Crippen LogP contribution in [0.1, 0.15) is 37.1 Å². The average molecular weight is 478 g/mol. The van der Waals surface area contributed by atoms with Crippen molar-refractivity contribution in [3.8, 4) is 11.4 Å². The molecule has 3 aromatic rings. The van der Waals surface area contributed by atoms with Gasteiger partial charge in [0.2, 0.25) is 23.5 Å². The predicted molar refractivity (Wildman–Crippen MR) is 128 cm³/mol. The van der Waals surface area contributed by atoms with Gasteiger partial charge in [0.05, 0.1) is 6.54 Å². The van der Waals surface area contributed by atoms with Crippen LogP contribution in [-0.4, -0.2) is 46.5 Å². The number of anilines is 1. The van der Waals surface area contributed by atoms with E-state index in [9.17, 15) is 14.0 Å². The molecular formula is C26H28FN5O3. The van der Waals surface area contributed by atoms with Crippen LogP contribution in [0, 0.1) is 11.7 Å². The van der Waals surface area contributed by atoms with Crippen LogP contribution in [0.5, 0.6) is 0 Å². The summed E-state index contributed by atoms with van der Waals surface area (Å²) in [6.45, 7) is 3.25. The van der Waals surface area contributed by atoms with Crippen LogP contribution in [-0.2, 0) is 22.7 Å². The zero-order valence-electron chi connectivity index (χ0n) is 19.5. The van der Waals surface area contributed by atoms with Crippen molar-refractivity contribution >= 4 is 17.5 Å². The van der Waals surface area contributed by atoms with Gasteiger partial charge in [-0.2, -0.15) is 4.98 Å². The van der Waals surface area contributed by atoms with E-state index in [4.69, 9.17) is 4.52 Å². The van der Waals surface area contributed by atoms with Gasteiger partial charge in [0.15, 0.2) is 0 Å². The van der Waals surface area contributed by atoms with Crippen LogP contribution < -0.4 is 10.2 Å². The van der Waals surface area contributed by atoms with Crippen molar-refractivity contribution in [1.82, 2.24) is 20.4 Å². The summed E-state index contributed by atoms with van der Waals surface area (Å²) in [5.74, 6) is 0.813. The van der Waals surface area contributed by atoms with E-state index in [0.29, 0.717) is 36.8 Å². The van der Waals surface area contributed by atoms with E-state index in [1.807, 2.05) is 29.2 Å². The summed E-state index contributed by atoms with van der Waals surface area (Å²) in [7, 11) is 0. The SMILES string of the molecule is O=C(NCc1cccc(N2CCCC2=O)c1)C1CCN(Cc2nc(-c3ccc(F)cc3)no2)CC1. The lowest BCUT2D eigenvalue weighted by atomic mass is 9.96. The highest BCUT2D eigenvalue weighted by atomic mass is 19.1. The summed E-state index contributed by atoms with van der Waals surface area (Å²) in [6.07, 6.45) is 3.00. The molecule has 0 bridgehead atoms. The summed E-state index contributed by atoms with van der Waals surface area (Å²) in [6, 6.07) is 13.8. The van der Waals surface area contributed by atoms with E-state index >= 15 is 0 Å². The van der Waals surface area contributed by atoms with Crippen molar-refractivity contribution in [1.29, 1.82) is 0 Å². The zero-order chi connectivity index (χ0) is 24.2. The number of aromatic nitrogens is 2. The smallest absolute Gasteiger partial charge is 0.241 e. The molecule has 0 saturated carbocycles. The lowest BCUT2D eigenvalue weighted by molar-refractivity contribution is -0.126. The molecule has 1 aromatic heterocycles.